The van der Waals surface area contributed by atoms with Crippen molar-refractivity contribution in [3.05, 3.63) is 0 Å². The van der Waals surface area contributed by atoms with E-state index in [9.17, 15) is 5.11 Å². The lowest BCUT2D eigenvalue weighted by Crippen LogP contribution is -2.50. The normalized spacial score (nSPS) is 33.2. The van der Waals surface area contributed by atoms with Crippen molar-refractivity contribution in [2.24, 2.45) is 11.3 Å². The van der Waals surface area contributed by atoms with Gasteiger partial charge in [-0.1, -0.05) is 27.2 Å². The van der Waals surface area contributed by atoms with Crippen molar-refractivity contribution in [1.29, 1.82) is 0 Å². The van der Waals surface area contributed by atoms with Gasteiger partial charge in [0.2, 0.25) is 0 Å². The molecule has 0 saturated heterocycles. The van der Waals surface area contributed by atoms with Crippen molar-refractivity contribution in [2.45, 2.75) is 46.1 Å². The molecule has 2 N–H and O–H groups in total. The molecule has 2 unspecified atom stereocenters. The molecule has 0 spiro atoms. The molecule has 2 atom stereocenters. The van der Waals surface area contributed by atoms with Gasteiger partial charge in [-0.25, -0.2) is 0 Å². The van der Waals surface area contributed by atoms with Gasteiger partial charge in [0.15, 0.2) is 0 Å². The summed E-state index contributed by atoms with van der Waals surface area (Å²) >= 11 is 0. The fourth-order valence-corrected chi connectivity index (χ4v) is 2.64. The van der Waals surface area contributed by atoms with Crippen molar-refractivity contribution < 1.29 is 5.11 Å². The highest BCUT2D eigenvalue weighted by Crippen LogP contribution is 2.38. The minimum absolute atomic E-state index is 0.334. The topological polar surface area (TPSA) is 32.3 Å². The van der Waals surface area contributed by atoms with Gasteiger partial charge < -0.3 is 10.4 Å². The number of aliphatic hydroxyl groups is 1. The Morgan fingerprint density at radius 1 is 1.46 bits per heavy atom. The van der Waals surface area contributed by atoms with Gasteiger partial charge in [0, 0.05) is 12.6 Å². The third-order valence-corrected chi connectivity index (χ3v) is 3.37. The van der Waals surface area contributed by atoms with E-state index in [-0.39, 0.29) is 0 Å². The van der Waals surface area contributed by atoms with E-state index in [1.165, 1.54) is 19.3 Å². The summed E-state index contributed by atoms with van der Waals surface area (Å²) in [7, 11) is 0. The predicted molar refractivity (Wildman–Crippen MR) is 55.7 cm³/mol. The molecule has 1 fully saturated rings. The maximum Gasteiger partial charge on any atom is 0.0474 e. The van der Waals surface area contributed by atoms with Crippen LogP contribution in [0.5, 0.6) is 0 Å². The highest BCUT2D eigenvalue weighted by Gasteiger charge is 2.37. The molecular weight excluding hydrogens is 162 g/mol. The molecule has 1 rings (SSSR count). The first-order valence-corrected chi connectivity index (χ1v) is 5.46. The zero-order valence-corrected chi connectivity index (χ0v) is 9.14. The van der Waals surface area contributed by atoms with Gasteiger partial charge in [-0.3, -0.25) is 0 Å². The van der Waals surface area contributed by atoms with Crippen LogP contribution in [0, 0.1) is 11.3 Å². The summed E-state index contributed by atoms with van der Waals surface area (Å²) in [5.74, 6) is 0.462. The van der Waals surface area contributed by atoms with E-state index in [1.807, 2.05) is 0 Å². The van der Waals surface area contributed by atoms with E-state index in [0.717, 1.165) is 6.54 Å². The zero-order valence-electron chi connectivity index (χ0n) is 9.14. The number of hydrogen-bond donors (Lipinski definition) is 2. The van der Waals surface area contributed by atoms with Gasteiger partial charge in [0.05, 0.1) is 0 Å². The van der Waals surface area contributed by atoms with Gasteiger partial charge in [-0.2, -0.15) is 0 Å². The van der Waals surface area contributed by atoms with Crippen molar-refractivity contribution >= 4 is 0 Å². The van der Waals surface area contributed by atoms with Crippen LogP contribution < -0.4 is 5.32 Å². The fraction of sp³-hybridized carbons (Fsp3) is 1.00. The summed E-state index contributed by atoms with van der Waals surface area (Å²) in [5, 5.41) is 12.8. The summed E-state index contributed by atoms with van der Waals surface area (Å²) in [4.78, 5) is 0. The molecule has 2 heteroatoms. The summed E-state index contributed by atoms with van der Waals surface area (Å²) in [6.45, 7) is 8.09. The third kappa shape index (κ3) is 2.44. The Morgan fingerprint density at radius 2 is 2.15 bits per heavy atom. The maximum absolute atomic E-state index is 9.28. The number of aliphatic hydroxyl groups excluding tert-OH is 1. The molecule has 0 radical (unpaired) electrons. The molecule has 0 aromatic rings. The Morgan fingerprint density at radius 3 is 2.69 bits per heavy atom. The van der Waals surface area contributed by atoms with Crippen molar-refractivity contribution in [3.63, 3.8) is 0 Å². The SMILES string of the molecule is CCNC1C(CO)CCCC1(C)C. The Hall–Kier alpha value is -0.0800. The Kier molecular flexibility index (Phi) is 3.74. The highest BCUT2D eigenvalue weighted by molar-refractivity contribution is 4.92. The highest BCUT2D eigenvalue weighted by atomic mass is 16.3. The molecule has 0 amide bonds. The van der Waals surface area contributed by atoms with Crippen molar-refractivity contribution in [3.8, 4) is 0 Å². The second-order valence-corrected chi connectivity index (χ2v) is 4.86. The fourth-order valence-electron chi connectivity index (χ4n) is 2.64. The molecule has 1 saturated carbocycles. The molecule has 13 heavy (non-hydrogen) atoms. The minimum atomic E-state index is 0.334. The average molecular weight is 185 g/mol. The van der Waals surface area contributed by atoms with Gasteiger partial charge in [0.25, 0.3) is 0 Å². The lowest BCUT2D eigenvalue weighted by molar-refractivity contribution is 0.0680. The van der Waals surface area contributed by atoms with E-state index in [0.29, 0.717) is 24.0 Å². The third-order valence-electron chi connectivity index (χ3n) is 3.37. The number of hydrogen-bond acceptors (Lipinski definition) is 2. The molecule has 1 aliphatic rings. The minimum Gasteiger partial charge on any atom is -0.396 e. The smallest absolute Gasteiger partial charge is 0.0474 e. The Balaban J connectivity index is 2.65. The van der Waals surface area contributed by atoms with Crippen LogP contribution in [0.4, 0.5) is 0 Å². The summed E-state index contributed by atoms with van der Waals surface area (Å²) in [6.07, 6.45) is 3.72. The van der Waals surface area contributed by atoms with Crippen LogP contribution in [-0.4, -0.2) is 24.3 Å². The lowest BCUT2D eigenvalue weighted by atomic mass is 9.68. The molecule has 0 aliphatic heterocycles. The lowest BCUT2D eigenvalue weighted by Gasteiger charge is -2.44. The van der Waals surface area contributed by atoms with Crippen LogP contribution in [0.25, 0.3) is 0 Å². The quantitative estimate of drug-likeness (QED) is 0.702. The predicted octanol–water partition coefficient (Wildman–Crippen LogP) is 1.78. The molecule has 78 valence electrons. The number of nitrogens with one attached hydrogen (secondary N) is 1. The van der Waals surface area contributed by atoms with E-state index < -0.39 is 0 Å². The molecular formula is C11H23NO. The largest absolute Gasteiger partial charge is 0.396 e. The van der Waals surface area contributed by atoms with Gasteiger partial charge in [0.1, 0.15) is 0 Å². The van der Waals surface area contributed by atoms with Crippen LogP contribution >= 0.6 is 0 Å². The van der Waals surface area contributed by atoms with Crippen LogP contribution in [0.1, 0.15) is 40.0 Å². The molecule has 0 bridgehead atoms. The molecule has 0 aromatic heterocycles. The second kappa shape index (κ2) is 4.43. The van der Waals surface area contributed by atoms with Gasteiger partial charge >= 0.3 is 0 Å². The molecule has 1 aliphatic carbocycles. The molecule has 0 heterocycles. The van der Waals surface area contributed by atoms with Crippen molar-refractivity contribution in [1.82, 2.24) is 5.32 Å². The van der Waals surface area contributed by atoms with Crippen molar-refractivity contribution in [2.75, 3.05) is 13.2 Å². The second-order valence-electron chi connectivity index (χ2n) is 4.86. The van der Waals surface area contributed by atoms with Gasteiger partial charge in [-0.15, -0.1) is 0 Å². The first-order valence-electron chi connectivity index (χ1n) is 5.46. The van der Waals surface area contributed by atoms with Crippen LogP contribution in [0.15, 0.2) is 0 Å². The molecule has 2 nitrogen and oxygen atoms in total. The molecule has 0 aromatic carbocycles. The van der Waals surface area contributed by atoms with Crippen LogP contribution in [0.2, 0.25) is 0 Å². The summed E-state index contributed by atoms with van der Waals surface area (Å²) in [5.41, 5.74) is 0.349. The van der Waals surface area contributed by atoms with Crippen LogP contribution in [0.3, 0.4) is 0 Å². The summed E-state index contributed by atoms with van der Waals surface area (Å²) < 4.78 is 0. The van der Waals surface area contributed by atoms with E-state index in [1.54, 1.807) is 0 Å². The first-order chi connectivity index (χ1) is 6.11. The monoisotopic (exact) mass is 185 g/mol. The average Bonchev–Trinajstić information content (AvgIpc) is 2.08. The number of rotatable bonds is 3. The van der Waals surface area contributed by atoms with E-state index >= 15 is 0 Å². The standard InChI is InChI=1S/C11H23NO/c1-4-12-10-9(8-13)6-5-7-11(10,2)3/h9-10,12-13H,4-8H2,1-3H3. The van der Waals surface area contributed by atoms with E-state index in [4.69, 9.17) is 0 Å². The van der Waals surface area contributed by atoms with E-state index in [2.05, 4.69) is 26.1 Å². The van der Waals surface area contributed by atoms with Gasteiger partial charge in [-0.05, 0) is 30.7 Å². The zero-order chi connectivity index (χ0) is 9.90. The maximum atomic E-state index is 9.28. The summed E-state index contributed by atoms with van der Waals surface area (Å²) in [6, 6.07) is 0.497. The Bertz CT molecular complexity index is 156. The first kappa shape index (κ1) is 11.0. The Labute approximate surface area is 81.7 Å². The van der Waals surface area contributed by atoms with Crippen LogP contribution in [-0.2, 0) is 0 Å².